The summed E-state index contributed by atoms with van der Waals surface area (Å²) in [6.07, 6.45) is -0.282. The van der Waals surface area contributed by atoms with E-state index >= 15 is 0 Å². The van der Waals surface area contributed by atoms with Crippen LogP contribution in [0.25, 0.3) is 0 Å². The number of carbonyl (C=O) groups is 2. The number of fused-ring (bicyclic) bond motifs is 1. The Hall–Kier alpha value is -3.24. The van der Waals surface area contributed by atoms with Crippen molar-refractivity contribution in [1.82, 2.24) is 0 Å². The van der Waals surface area contributed by atoms with Crippen LogP contribution in [0, 0.1) is 13.8 Å². The maximum Gasteiger partial charge on any atom is 0.264 e. The minimum Gasteiger partial charge on any atom is -0.375 e. The van der Waals surface area contributed by atoms with E-state index in [1.54, 1.807) is 29.2 Å². The maximum absolute atomic E-state index is 13.3. The van der Waals surface area contributed by atoms with Gasteiger partial charge < -0.3 is 10.0 Å². The minimum atomic E-state index is -1.86. The van der Waals surface area contributed by atoms with Gasteiger partial charge in [-0.05, 0) is 31.0 Å². The van der Waals surface area contributed by atoms with Gasteiger partial charge in [-0.2, -0.15) is 0 Å². The summed E-state index contributed by atoms with van der Waals surface area (Å²) >= 11 is 0. The summed E-state index contributed by atoms with van der Waals surface area (Å²) in [7, 11) is 0. The van der Waals surface area contributed by atoms with Crippen LogP contribution in [-0.2, 0) is 16.9 Å². The molecule has 3 aromatic carbocycles. The number of para-hydroxylation sites is 1. The van der Waals surface area contributed by atoms with Crippen LogP contribution in [0.1, 0.15) is 39.0 Å². The van der Waals surface area contributed by atoms with Gasteiger partial charge in [0.25, 0.3) is 5.91 Å². The fourth-order valence-corrected chi connectivity index (χ4v) is 3.87. The zero-order chi connectivity index (χ0) is 20.6. The summed E-state index contributed by atoms with van der Waals surface area (Å²) in [4.78, 5) is 27.8. The largest absolute Gasteiger partial charge is 0.375 e. The van der Waals surface area contributed by atoms with Crippen LogP contribution in [0.15, 0.2) is 72.8 Å². The lowest BCUT2D eigenvalue weighted by atomic mass is 9.88. The normalized spacial score (nSPS) is 18.0. The number of benzene rings is 3. The van der Waals surface area contributed by atoms with Gasteiger partial charge >= 0.3 is 0 Å². The fourth-order valence-electron chi connectivity index (χ4n) is 3.87. The predicted octanol–water partition coefficient (Wildman–Crippen LogP) is 4.31. The SMILES string of the molecule is Cc1ccc(C(=O)C[C@]2(O)C(=O)N(Cc3ccccc3C)c3ccccc32)cc1. The molecule has 146 valence electrons. The van der Waals surface area contributed by atoms with Crippen LogP contribution in [-0.4, -0.2) is 16.8 Å². The Morgan fingerprint density at radius 1 is 0.931 bits per heavy atom. The van der Waals surface area contributed by atoms with Crippen LogP contribution in [0.4, 0.5) is 5.69 Å². The third-order valence-electron chi connectivity index (χ3n) is 5.62. The lowest BCUT2D eigenvalue weighted by Crippen LogP contribution is -2.41. The first kappa shape index (κ1) is 19.1. The van der Waals surface area contributed by atoms with Crippen LogP contribution in [0.5, 0.6) is 0 Å². The van der Waals surface area contributed by atoms with Gasteiger partial charge in [-0.25, -0.2) is 0 Å². The Morgan fingerprint density at radius 3 is 2.31 bits per heavy atom. The van der Waals surface area contributed by atoms with Crippen LogP contribution in [0.2, 0.25) is 0 Å². The number of hydrogen-bond acceptors (Lipinski definition) is 3. The van der Waals surface area contributed by atoms with Crippen molar-refractivity contribution < 1.29 is 14.7 Å². The molecule has 1 atom stereocenters. The molecule has 0 spiro atoms. The number of amides is 1. The number of aryl methyl sites for hydroxylation is 2. The smallest absolute Gasteiger partial charge is 0.264 e. The molecule has 0 radical (unpaired) electrons. The summed E-state index contributed by atoms with van der Waals surface area (Å²) < 4.78 is 0. The Balaban J connectivity index is 1.69. The van der Waals surface area contributed by atoms with E-state index in [-0.39, 0.29) is 12.2 Å². The first-order valence-corrected chi connectivity index (χ1v) is 9.68. The summed E-state index contributed by atoms with van der Waals surface area (Å²) in [5.41, 5.74) is 2.90. The second-order valence-electron chi connectivity index (χ2n) is 7.66. The Bertz CT molecular complexity index is 1090. The molecule has 4 heteroatoms. The molecular weight excluding hydrogens is 362 g/mol. The molecule has 1 N–H and O–H groups in total. The molecule has 0 aliphatic carbocycles. The number of Topliss-reactive ketones (excluding diaryl/α,β-unsaturated/α-hetero) is 1. The van der Waals surface area contributed by atoms with Crippen molar-refractivity contribution in [1.29, 1.82) is 0 Å². The van der Waals surface area contributed by atoms with E-state index in [4.69, 9.17) is 0 Å². The monoisotopic (exact) mass is 385 g/mol. The first-order chi connectivity index (χ1) is 13.9. The van der Waals surface area contributed by atoms with Crippen molar-refractivity contribution in [3.05, 3.63) is 101 Å². The zero-order valence-corrected chi connectivity index (χ0v) is 16.6. The third-order valence-corrected chi connectivity index (χ3v) is 5.62. The highest BCUT2D eigenvalue weighted by molar-refractivity contribution is 6.10. The Labute approximate surface area is 170 Å². The summed E-state index contributed by atoms with van der Waals surface area (Å²) in [5.74, 6) is -0.712. The number of hydrogen-bond donors (Lipinski definition) is 1. The number of carbonyl (C=O) groups excluding carboxylic acids is 2. The average molecular weight is 385 g/mol. The van der Waals surface area contributed by atoms with E-state index < -0.39 is 11.5 Å². The molecular formula is C25H23NO3. The fraction of sp³-hybridized carbons (Fsp3) is 0.200. The van der Waals surface area contributed by atoms with Crippen molar-refractivity contribution >= 4 is 17.4 Å². The topological polar surface area (TPSA) is 57.6 Å². The second kappa shape index (κ2) is 7.30. The van der Waals surface area contributed by atoms with Gasteiger partial charge in [-0.15, -0.1) is 0 Å². The first-order valence-electron chi connectivity index (χ1n) is 9.68. The number of anilines is 1. The van der Waals surface area contributed by atoms with Crippen LogP contribution >= 0.6 is 0 Å². The summed E-state index contributed by atoms with van der Waals surface area (Å²) in [6, 6.07) is 22.2. The van der Waals surface area contributed by atoms with E-state index in [1.807, 2.05) is 62.4 Å². The molecule has 0 fully saturated rings. The number of ketones is 1. The van der Waals surface area contributed by atoms with E-state index in [9.17, 15) is 14.7 Å². The molecule has 0 unspecified atom stereocenters. The zero-order valence-electron chi connectivity index (χ0n) is 16.6. The van der Waals surface area contributed by atoms with Gasteiger partial charge in [0.1, 0.15) is 0 Å². The van der Waals surface area contributed by atoms with Gasteiger partial charge in [0, 0.05) is 11.1 Å². The van der Waals surface area contributed by atoms with Crippen molar-refractivity contribution in [2.45, 2.75) is 32.4 Å². The Kier molecular flexibility index (Phi) is 4.81. The predicted molar refractivity (Wildman–Crippen MR) is 113 cm³/mol. The summed E-state index contributed by atoms with van der Waals surface area (Å²) in [5, 5.41) is 11.4. The summed E-state index contributed by atoms with van der Waals surface area (Å²) in [6.45, 7) is 4.29. The molecule has 4 nitrogen and oxygen atoms in total. The molecule has 1 aliphatic rings. The van der Waals surface area contributed by atoms with E-state index in [1.165, 1.54) is 0 Å². The molecule has 0 bridgehead atoms. The number of aliphatic hydroxyl groups is 1. The lowest BCUT2D eigenvalue weighted by Gasteiger charge is -2.23. The quantitative estimate of drug-likeness (QED) is 0.666. The van der Waals surface area contributed by atoms with Crippen molar-refractivity contribution in [2.75, 3.05) is 4.90 Å². The van der Waals surface area contributed by atoms with Gasteiger partial charge in [-0.3, -0.25) is 9.59 Å². The molecule has 4 rings (SSSR count). The van der Waals surface area contributed by atoms with Crippen molar-refractivity contribution in [3.8, 4) is 0 Å². The standard InChI is InChI=1S/C25H23NO3/c1-17-11-13-19(14-12-17)23(27)15-25(29)21-9-5-6-10-22(21)26(24(25)28)16-20-8-4-3-7-18(20)2/h3-14,29H,15-16H2,1-2H3/t25-/m1/s1. The van der Waals surface area contributed by atoms with Gasteiger partial charge in [0.2, 0.25) is 0 Å². The van der Waals surface area contributed by atoms with E-state index in [0.29, 0.717) is 23.4 Å². The minimum absolute atomic E-state index is 0.256. The van der Waals surface area contributed by atoms with E-state index in [0.717, 1.165) is 16.7 Å². The van der Waals surface area contributed by atoms with Crippen LogP contribution in [0.3, 0.4) is 0 Å². The molecule has 0 aromatic heterocycles. The Morgan fingerprint density at radius 2 is 1.59 bits per heavy atom. The van der Waals surface area contributed by atoms with Crippen molar-refractivity contribution in [2.24, 2.45) is 0 Å². The molecule has 3 aromatic rings. The number of nitrogens with zero attached hydrogens (tertiary/aromatic N) is 1. The van der Waals surface area contributed by atoms with Gasteiger partial charge in [0.05, 0.1) is 18.7 Å². The van der Waals surface area contributed by atoms with Gasteiger partial charge in [-0.1, -0.05) is 72.3 Å². The molecule has 0 saturated carbocycles. The highest BCUT2D eigenvalue weighted by Gasteiger charge is 2.50. The lowest BCUT2D eigenvalue weighted by molar-refractivity contribution is -0.136. The van der Waals surface area contributed by atoms with Crippen LogP contribution < -0.4 is 4.90 Å². The van der Waals surface area contributed by atoms with Gasteiger partial charge in [0.15, 0.2) is 11.4 Å². The highest BCUT2D eigenvalue weighted by Crippen LogP contribution is 2.43. The highest BCUT2D eigenvalue weighted by atomic mass is 16.3. The maximum atomic E-state index is 13.3. The average Bonchev–Trinajstić information content (AvgIpc) is 2.92. The van der Waals surface area contributed by atoms with Crippen molar-refractivity contribution in [3.63, 3.8) is 0 Å². The second-order valence-corrected chi connectivity index (χ2v) is 7.66. The molecule has 1 heterocycles. The molecule has 0 saturated heterocycles. The van der Waals surface area contributed by atoms with E-state index in [2.05, 4.69) is 0 Å². The molecule has 29 heavy (non-hydrogen) atoms. The third kappa shape index (κ3) is 3.36. The molecule has 1 amide bonds. The molecule has 1 aliphatic heterocycles. The number of rotatable bonds is 5.